The third-order valence-corrected chi connectivity index (χ3v) is 2.77. The molecule has 0 bridgehead atoms. The SMILES string of the molecule is CC(I)(I)c1ccc(C#N)cc1. The predicted octanol–water partition coefficient (Wildman–Crippen LogP) is 3.60. The third kappa shape index (κ3) is 2.59. The van der Waals surface area contributed by atoms with Gasteiger partial charge in [-0.1, -0.05) is 57.3 Å². The number of benzene rings is 1. The van der Waals surface area contributed by atoms with E-state index in [-0.39, 0.29) is 1.43 Å². The second-order valence-electron chi connectivity index (χ2n) is 2.58. The molecule has 0 atom stereocenters. The zero-order valence-electron chi connectivity index (χ0n) is 6.51. The van der Waals surface area contributed by atoms with Crippen molar-refractivity contribution in [2.75, 3.05) is 0 Å². The van der Waals surface area contributed by atoms with Crippen LogP contribution < -0.4 is 0 Å². The Morgan fingerprint density at radius 3 is 2.08 bits per heavy atom. The van der Waals surface area contributed by atoms with E-state index in [9.17, 15) is 0 Å². The molecule has 0 radical (unpaired) electrons. The van der Waals surface area contributed by atoms with Crippen molar-refractivity contribution in [3.8, 4) is 6.07 Å². The Hall–Kier alpha value is 0.170. The van der Waals surface area contributed by atoms with Gasteiger partial charge in [0.1, 0.15) is 0 Å². The van der Waals surface area contributed by atoms with Gasteiger partial charge < -0.3 is 0 Å². The number of hydrogen-bond acceptors (Lipinski definition) is 1. The van der Waals surface area contributed by atoms with Gasteiger partial charge in [-0.25, -0.2) is 0 Å². The Morgan fingerprint density at radius 2 is 1.75 bits per heavy atom. The Kier molecular flexibility index (Phi) is 3.35. The first-order chi connectivity index (χ1) is 5.54. The molecule has 1 aromatic rings. The first kappa shape index (κ1) is 10.3. The molecule has 0 saturated heterocycles. The number of hydrogen-bond donors (Lipinski definition) is 0. The van der Waals surface area contributed by atoms with Crippen LogP contribution in [-0.2, 0) is 1.43 Å². The van der Waals surface area contributed by atoms with Crippen molar-refractivity contribution in [1.29, 1.82) is 5.26 Å². The van der Waals surface area contributed by atoms with Gasteiger partial charge in [0, 0.05) is 0 Å². The summed E-state index contributed by atoms with van der Waals surface area (Å²) >= 11 is 4.74. The lowest BCUT2D eigenvalue weighted by atomic mass is 10.1. The minimum atomic E-state index is 0.115. The molecule has 0 unspecified atom stereocenters. The van der Waals surface area contributed by atoms with Crippen molar-refractivity contribution in [2.24, 2.45) is 0 Å². The van der Waals surface area contributed by atoms with E-state index in [0.717, 1.165) is 5.56 Å². The highest BCUT2D eigenvalue weighted by atomic mass is 127. The maximum atomic E-state index is 8.58. The van der Waals surface area contributed by atoms with Crippen LogP contribution in [0.2, 0.25) is 0 Å². The molecule has 0 fully saturated rings. The Morgan fingerprint density at radius 1 is 1.25 bits per heavy atom. The monoisotopic (exact) mass is 383 g/mol. The van der Waals surface area contributed by atoms with Gasteiger partial charge in [0.05, 0.1) is 13.1 Å². The number of halogens is 2. The van der Waals surface area contributed by atoms with Gasteiger partial charge in [-0.05, 0) is 24.6 Å². The molecule has 1 aromatic carbocycles. The fraction of sp³-hybridized carbons (Fsp3) is 0.222. The normalized spacial score (nSPS) is 10.8. The molecule has 12 heavy (non-hydrogen) atoms. The van der Waals surface area contributed by atoms with Crippen LogP contribution in [0.1, 0.15) is 18.1 Å². The van der Waals surface area contributed by atoms with E-state index >= 15 is 0 Å². The van der Waals surface area contributed by atoms with Crippen molar-refractivity contribution in [2.45, 2.75) is 8.35 Å². The summed E-state index contributed by atoms with van der Waals surface area (Å²) in [6.45, 7) is 2.13. The van der Waals surface area contributed by atoms with Gasteiger partial charge in [-0.3, -0.25) is 0 Å². The lowest BCUT2D eigenvalue weighted by Crippen LogP contribution is -2.00. The Bertz CT molecular complexity index is 303. The van der Waals surface area contributed by atoms with Gasteiger partial charge in [0.25, 0.3) is 0 Å². The molecule has 1 rings (SSSR count). The van der Waals surface area contributed by atoms with Crippen molar-refractivity contribution in [3.63, 3.8) is 0 Å². The largest absolute Gasteiger partial charge is 0.192 e. The second kappa shape index (κ2) is 3.92. The molecule has 0 aliphatic heterocycles. The number of nitrogens with zero attached hydrogens (tertiary/aromatic N) is 1. The van der Waals surface area contributed by atoms with Gasteiger partial charge in [-0.15, -0.1) is 0 Å². The first-order valence-corrected chi connectivity index (χ1v) is 5.58. The summed E-state index contributed by atoms with van der Waals surface area (Å²) in [7, 11) is 0. The maximum absolute atomic E-state index is 8.58. The summed E-state index contributed by atoms with van der Waals surface area (Å²) in [5, 5.41) is 8.58. The van der Waals surface area contributed by atoms with E-state index in [0.29, 0.717) is 0 Å². The van der Waals surface area contributed by atoms with E-state index in [1.807, 2.05) is 24.3 Å². The van der Waals surface area contributed by atoms with Crippen molar-refractivity contribution >= 4 is 45.2 Å². The molecule has 0 N–H and O–H groups in total. The maximum Gasteiger partial charge on any atom is 0.0991 e. The molecular weight excluding hydrogens is 376 g/mol. The first-order valence-electron chi connectivity index (χ1n) is 3.42. The summed E-state index contributed by atoms with van der Waals surface area (Å²) in [6, 6.07) is 9.80. The average molecular weight is 383 g/mol. The zero-order valence-corrected chi connectivity index (χ0v) is 10.8. The lowest BCUT2D eigenvalue weighted by Gasteiger charge is -2.13. The third-order valence-electron chi connectivity index (χ3n) is 1.52. The highest BCUT2D eigenvalue weighted by molar-refractivity contribution is 14.2. The highest BCUT2D eigenvalue weighted by Gasteiger charge is 2.16. The van der Waals surface area contributed by atoms with Crippen LogP contribution in [0, 0.1) is 11.3 Å². The number of alkyl halides is 2. The molecule has 3 heteroatoms. The summed E-state index contributed by atoms with van der Waals surface area (Å²) in [6.07, 6.45) is 0. The van der Waals surface area contributed by atoms with E-state index in [1.165, 1.54) is 5.56 Å². The fourth-order valence-electron chi connectivity index (χ4n) is 0.837. The molecule has 0 heterocycles. The van der Waals surface area contributed by atoms with Crippen LogP contribution in [-0.4, -0.2) is 0 Å². The average Bonchev–Trinajstić information content (AvgIpc) is 2.03. The Labute approximate surface area is 99.4 Å². The van der Waals surface area contributed by atoms with Crippen molar-refractivity contribution in [1.82, 2.24) is 0 Å². The van der Waals surface area contributed by atoms with E-state index < -0.39 is 0 Å². The summed E-state index contributed by atoms with van der Waals surface area (Å²) in [5.41, 5.74) is 1.96. The molecule has 0 aliphatic carbocycles. The van der Waals surface area contributed by atoms with Crippen LogP contribution in [0.25, 0.3) is 0 Å². The van der Waals surface area contributed by atoms with E-state index in [1.54, 1.807) is 0 Å². The lowest BCUT2D eigenvalue weighted by molar-refractivity contribution is 1.11. The molecule has 0 aliphatic rings. The van der Waals surface area contributed by atoms with Crippen LogP contribution in [0.15, 0.2) is 24.3 Å². The van der Waals surface area contributed by atoms with Gasteiger partial charge in [0.2, 0.25) is 0 Å². The van der Waals surface area contributed by atoms with Crippen molar-refractivity contribution in [3.05, 3.63) is 35.4 Å². The summed E-state index contributed by atoms with van der Waals surface area (Å²) in [5.74, 6) is 0. The zero-order chi connectivity index (χ0) is 9.19. The van der Waals surface area contributed by atoms with Crippen molar-refractivity contribution < 1.29 is 0 Å². The molecule has 0 amide bonds. The van der Waals surface area contributed by atoms with Crippen LogP contribution in [0.5, 0.6) is 0 Å². The summed E-state index contributed by atoms with van der Waals surface area (Å²) in [4.78, 5) is 0. The standard InChI is InChI=1S/C9H7I2N/c1-9(10,11)8-4-2-7(6-12)3-5-8/h2-5H,1H3. The minimum Gasteiger partial charge on any atom is -0.192 e. The van der Waals surface area contributed by atoms with Gasteiger partial charge >= 0.3 is 0 Å². The smallest absolute Gasteiger partial charge is 0.0991 e. The number of nitriles is 1. The molecule has 0 saturated carbocycles. The second-order valence-corrected chi connectivity index (χ2v) is 8.96. The van der Waals surface area contributed by atoms with Gasteiger partial charge in [0.15, 0.2) is 0 Å². The topological polar surface area (TPSA) is 23.8 Å². The molecule has 0 spiro atoms. The molecular formula is C9H7I2N. The molecule has 1 nitrogen and oxygen atoms in total. The van der Waals surface area contributed by atoms with Crippen LogP contribution in [0.4, 0.5) is 0 Å². The van der Waals surface area contributed by atoms with E-state index in [4.69, 9.17) is 5.26 Å². The minimum absolute atomic E-state index is 0.115. The number of rotatable bonds is 1. The van der Waals surface area contributed by atoms with E-state index in [2.05, 4.69) is 58.2 Å². The van der Waals surface area contributed by atoms with Crippen LogP contribution in [0.3, 0.4) is 0 Å². The van der Waals surface area contributed by atoms with Gasteiger partial charge in [-0.2, -0.15) is 5.26 Å². The molecule has 0 aromatic heterocycles. The Balaban J connectivity index is 3.02. The quantitative estimate of drug-likeness (QED) is 0.537. The summed E-state index contributed by atoms with van der Waals surface area (Å²) < 4.78 is 0.115. The molecule has 62 valence electrons. The fourth-order valence-corrected chi connectivity index (χ4v) is 1.56. The predicted molar refractivity (Wildman–Crippen MR) is 66.5 cm³/mol. The highest BCUT2D eigenvalue weighted by Crippen LogP contribution is 2.38. The van der Waals surface area contributed by atoms with Crippen LogP contribution >= 0.6 is 45.2 Å².